The molecule has 1 aliphatic carbocycles. The average Bonchev–Trinajstić information content (AvgIpc) is 2.45. The normalized spacial score (nSPS) is 23.5. The van der Waals surface area contributed by atoms with E-state index in [1.807, 2.05) is 24.3 Å². The van der Waals surface area contributed by atoms with Gasteiger partial charge in [-0.05, 0) is 30.5 Å². The quantitative estimate of drug-likeness (QED) is 0.904. The number of hydrogen-bond acceptors (Lipinski definition) is 4. The average molecular weight is 297 g/mol. The van der Waals surface area contributed by atoms with E-state index in [1.54, 1.807) is 7.11 Å². The first kappa shape index (κ1) is 15.3. The van der Waals surface area contributed by atoms with E-state index in [2.05, 4.69) is 5.32 Å². The second-order valence-corrected chi connectivity index (χ2v) is 7.75. The van der Waals surface area contributed by atoms with E-state index in [4.69, 9.17) is 4.74 Å². The van der Waals surface area contributed by atoms with E-state index in [0.717, 1.165) is 37.0 Å². The van der Waals surface area contributed by atoms with Crippen LogP contribution in [0.3, 0.4) is 0 Å². The Morgan fingerprint density at radius 3 is 2.45 bits per heavy atom. The maximum absolute atomic E-state index is 11.8. The summed E-state index contributed by atoms with van der Waals surface area (Å²) in [6.45, 7) is 0.695. The summed E-state index contributed by atoms with van der Waals surface area (Å²) in [5.41, 5.74) is 1.14. The van der Waals surface area contributed by atoms with Crippen LogP contribution < -0.4 is 10.1 Å². The van der Waals surface area contributed by atoms with Crippen LogP contribution in [0, 0.1) is 0 Å². The SMILES string of the molecule is COc1ccc(CN[C@@H]2CCCC[C@@H]2S(C)(=O)=O)cc1. The molecule has 1 aliphatic rings. The molecule has 0 bridgehead atoms. The molecule has 2 atom stereocenters. The molecule has 0 aliphatic heterocycles. The van der Waals surface area contributed by atoms with Crippen LogP contribution in [0.1, 0.15) is 31.2 Å². The van der Waals surface area contributed by atoms with Crippen molar-refractivity contribution >= 4 is 9.84 Å². The summed E-state index contributed by atoms with van der Waals surface area (Å²) in [5.74, 6) is 0.834. The lowest BCUT2D eigenvalue weighted by Crippen LogP contribution is -2.45. The molecular weight excluding hydrogens is 274 g/mol. The summed E-state index contributed by atoms with van der Waals surface area (Å²) < 4.78 is 28.8. The monoisotopic (exact) mass is 297 g/mol. The molecule has 0 amide bonds. The number of benzene rings is 1. The van der Waals surface area contributed by atoms with Crippen molar-refractivity contribution in [3.8, 4) is 5.75 Å². The summed E-state index contributed by atoms with van der Waals surface area (Å²) in [5, 5.41) is 3.17. The number of ether oxygens (including phenoxy) is 1. The molecule has 0 aromatic heterocycles. The van der Waals surface area contributed by atoms with E-state index in [9.17, 15) is 8.42 Å². The van der Waals surface area contributed by atoms with E-state index in [0.29, 0.717) is 6.54 Å². The topological polar surface area (TPSA) is 55.4 Å². The molecule has 1 N–H and O–H groups in total. The fourth-order valence-corrected chi connectivity index (χ4v) is 4.26. The summed E-state index contributed by atoms with van der Waals surface area (Å²) in [4.78, 5) is 0. The third-order valence-electron chi connectivity index (χ3n) is 3.98. The molecule has 1 aromatic rings. The van der Waals surface area contributed by atoms with Crippen molar-refractivity contribution in [2.45, 2.75) is 43.5 Å². The van der Waals surface area contributed by atoms with Crippen LogP contribution in [-0.4, -0.2) is 33.1 Å². The maximum atomic E-state index is 11.8. The molecule has 0 unspecified atom stereocenters. The first-order valence-electron chi connectivity index (χ1n) is 7.06. The lowest BCUT2D eigenvalue weighted by atomic mass is 9.94. The van der Waals surface area contributed by atoms with Gasteiger partial charge >= 0.3 is 0 Å². The molecule has 2 rings (SSSR count). The van der Waals surface area contributed by atoms with Gasteiger partial charge in [-0.3, -0.25) is 0 Å². The Kier molecular flexibility index (Phi) is 5.05. The maximum Gasteiger partial charge on any atom is 0.151 e. The Morgan fingerprint density at radius 1 is 1.20 bits per heavy atom. The molecule has 20 heavy (non-hydrogen) atoms. The largest absolute Gasteiger partial charge is 0.497 e. The van der Waals surface area contributed by atoms with Crippen LogP contribution in [0.5, 0.6) is 5.75 Å². The lowest BCUT2D eigenvalue weighted by molar-refractivity contribution is 0.370. The van der Waals surface area contributed by atoms with Crippen LogP contribution in [0.2, 0.25) is 0 Å². The van der Waals surface area contributed by atoms with Gasteiger partial charge in [-0.1, -0.05) is 25.0 Å². The number of methoxy groups -OCH3 is 1. The van der Waals surface area contributed by atoms with Crippen molar-refractivity contribution in [3.05, 3.63) is 29.8 Å². The van der Waals surface area contributed by atoms with Crippen molar-refractivity contribution in [1.29, 1.82) is 0 Å². The highest BCUT2D eigenvalue weighted by molar-refractivity contribution is 7.91. The van der Waals surface area contributed by atoms with Gasteiger partial charge in [0.15, 0.2) is 9.84 Å². The van der Waals surface area contributed by atoms with E-state index >= 15 is 0 Å². The fourth-order valence-electron chi connectivity index (χ4n) is 2.84. The highest BCUT2D eigenvalue weighted by Crippen LogP contribution is 2.24. The van der Waals surface area contributed by atoms with Crippen LogP contribution in [0.4, 0.5) is 0 Å². The molecular formula is C15H23NO3S. The Labute approximate surface area is 121 Å². The van der Waals surface area contributed by atoms with Crippen molar-refractivity contribution < 1.29 is 13.2 Å². The number of rotatable bonds is 5. The van der Waals surface area contributed by atoms with Crippen molar-refractivity contribution in [1.82, 2.24) is 5.32 Å². The standard InChI is InChI=1S/C15H23NO3S/c1-19-13-9-7-12(8-10-13)11-16-14-5-3-4-6-15(14)20(2,17)18/h7-10,14-16H,3-6,11H2,1-2H3/t14-,15+/m1/s1. The zero-order chi connectivity index (χ0) is 14.6. The molecule has 0 spiro atoms. The minimum Gasteiger partial charge on any atom is -0.497 e. The number of nitrogens with one attached hydrogen (secondary N) is 1. The lowest BCUT2D eigenvalue weighted by Gasteiger charge is -2.31. The third kappa shape index (κ3) is 3.96. The third-order valence-corrected chi connectivity index (χ3v) is 5.64. The molecule has 4 nitrogen and oxygen atoms in total. The minimum absolute atomic E-state index is 0.0702. The summed E-state index contributed by atoms with van der Waals surface area (Å²) in [6, 6.07) is 7.92. The molecule has 0 saturated heterocycles. The Morgan fingerprint density at radius 2 is 1.85 bits per heavy atom. The van der Waals surface area contributed by atoms with Crippen LogP contribution >= 0.6 is 0 Å². The van der Waals surface area contributed by atoms with Gasteiger partial charge in [0.05, 0.1) is 12.4 Å². The number of hydrogen-bond donors (Lipinski definition) is 1. The van der Waals surface area contributed by atoms with Gasteiger partial charge in [-0.2, -0.15) is 0 Å². The molecule has 1 saturated carbocycles. The van der Waals surface area contributed by atoms with Crippen molar-refractivity contribution in [2.24, 2.45) is 0 Å². The van der Waals surface area contributed by atoms with E-state index < -0.39 is 9.84 Å². The highest BCUT2D eigenvalue weighted by Gasteiger charge is 2.32. The second kappa shape index (κ2) is 6.59. The first-order valence-corrected chi connectivity index (χ1v) is 9.01. The van der Waals surface area contributed by atoms with Crippen LogP contribution in [0.25, 0.3) is 0 Å². The van der Waals surface area contributed by atoms with Crippen molar-refractivity contribution in [2.75, 3.05) is 13.4 Å². The Bertz CT molecular complexity index is 525. The zero-order valence-electron chi connectivity index (χ0n) is 12.1. The Hall–Kier alpha value is -1.07. The van der Waals surface area contributed by atoms with Gasteiger partial charge in [0.25, 0.3) is 0 Å². The molecule has 1 fully saturated rings. The summed E-state index contributed by atoms with van der Waals surface area (Å²) in [6.07, 6.45) is 5.18. The zero-order valence-corrected chi connectivity index (χ0v) is 12.9. The minimum atomic E-state index is -2.97. The molecule has 112 valence electrons. The number of sulfone groups is 1. The van der Waals surface area contributed by atoms with Crippen LogP contribution in [0.15, 0.2) is 24.3 Å². The van der Waals surface area contributed by atoms with Gasteiger partial charge in [0.1, 0.15) is 5.75 Å². The first-order chi connectivity index (χ1) is 9.50. The predicted molar refractivity (Wildman–Crippen MR) is 80.7 cm³/mol. The summed E-state index contributed by atoms with van der Waals surface area (Å²) >= 11 is 0. The van der Waals surface area contributed by atoms with Crippen molar-refractivity contribution in [3.63, 3.8) is 0 Å². The molecule has 0 radical (unpaired) electrons. The van der Waals surface area contributed by atoms with Gasteiger partial charge < -0.3 is 10.1 Å². The predicted octanol–water partition coefficient (Wildman–Crippen LogP) is 2.14. The Balaban J connectivity index is 1.97. The molecule has 0 heterocycles. The smallest absolute Gasteiger partial charge is 0.151 e. The van der Waals surface area contributed by atoms with Gasteiger partial charge in [-0.25, -0.2) is 8.42 Å². The van der Waals surface area contributed by atoms with E-state index in [1.165, 1.54) is 6.26 Å². The fraction of sp³-hybridized carbons (Fsp3) is 0.600. The highest BCUT2D eigenvalue weighted by atomic mass is 32.2. The molecule has 1 aromatic carbocycles. The van der Waals surface area contributed by atoms with Gasteiger partial charge in [0.2, 0.25) is 0 Å². The van der Waals surface area contributed by atoms with Gasteiger partial charge in [-0.15, -0.1) is 0 Å². The van der Waals surface area contributed by atoms with Gasteiger partial charge in [0, 0.05) is 18.8 Å². The van der Waals surface area contributed by atoms with Crippen LogP contribution in [-0.2, 0) is 16.4 Å². The van der Waals surface area contributed by atoms with E-state index in [-0.39, 0.29) is 11.3 Å². The molecule has 5 heteroatoms. The second-order valence-electron chi connectivity index (χ2n) is 5.49. The summed E-state index contributed by atoms with van der Waals surface area (Å²) in [7, 11) is -1.33.